The summed E-state index contributed by atoms with van der Waals surface area (Å²) < 4.78 is 18.4. The van der Waals surface area contributed by atoms with Crippen LogP contribution in [0.3, 0.4) is 0 Å². The summed E-state index contributed by atoms with van der Waals surface area (Å²) >= 11 is 0. The molecule has 0 radical (unpaired) electrons. The molecular formula is C29H40N4O3. The Hall–Kier alpha value is -2.77. The normalized spacial score (nSPS) is 17.6. The quantitative estimate of drug-likeness (QED) is 0.396. The van der Waals surface area contributed by atoms with Crippen molar-refractivity contribution in [3.8, 4) is 28.6 Å². The Bertz CT molecular complexity index is 1150. The third-order valence-electron chi connectivity index (χ3n) is 7.55. The zero-order valence-electron chi connectivity index (χ0n) is 22.0. The number of hydrogen-bond donors (Lipinski definition) is 1. The van der Waals surface area contributed by atoms with Crippen LogP contribution >= 0.6 is 0 Å². The third kappa shape index (κ3) is 5.95. The minimum atomic E-state index is 0.570. The molecule has 0 aliphatic carbocycles. The summed E-state index contributed by atoms with van der Waals surface area (Å²) in [6, 6.07) is 10.2. The van der Waals surface area contributed by atoms with Gasteiger partial charge >= 0.3 is 0 Å². The molecule has 2 aliphatic heterocycles. The van der Waals surface area contributed by atoms with E-state index in [-0.39, 0.29) is 0 Å². The van der Waals surface area contributed by atoms with Gasteiger partial charge in [-0.05, 0) is 96.4 Å². The van der Waals surface area contributed by atoms with Gasteiger partial charge in [-0.1, -0.05) is 0 Å². The number of aromatic amines is 1. The number of methoxy groups -OCH3 is 1. The second-order valence-corrected chi connectivity index (χ2v) is 10.4. The van der Waals surface area contributed by atoms with Crippen molar-refractivity contribution in [3.05, 3.63) is 36.0 Å². The van der Waals surface area contributed by atoms with Crippen molar-refractivity contribution < 1.29 is 14.2 Å². The molecule has 0 bridgehead atoms. The monoisotopic (exact) mass is 492 g/mol. The largest absolute Gasteiger partial charge is 0.493 e. The lowest BCUT2D eigenvalue weighted by molar-refractivity contribution is 0.161. The number of ether oxygens (including phenoxy) is 3. The molecule has 0 spiro atoms. The SMILES string of the molecule is COc1cc2c(OCC3CCN(C)CC3)cc(-c3ccc(C)[nH]3)nc2cc1OCCCN1CCCC1. The van der Waals surface area contributed by atoms with E-state index in [0.29, 0.717) is 19.1 Å². The number of nitrogens with one attached hydrogen (secondary N) is 1. The smallest absolute Gasteiger partial charge is 0.163 e. The molecule has 0 unspecified atom stereocenters. The highest BCUT2D eigenvalue weighted by Crippen LogP contribution is 2.38. The number of fused-ring (bicyclic) bond motifs is 1. The summed E-state index contributed by atoms with van der Waals surface area (Å²) in [5.74, 6) is 2.87. The Balaban J connectivity index is 1.39. The molecule has 5 rings (SSSR count). The van der Waals surface area contributed by atoms with Crippen LogP contribution in [-0.2, 0) is 0 Å². The summed E-state index contributed by atoms with van der Waals surface area (Å²) in [6.45, 7) is 9.20. The van der Waals surface area contributed by atoms with Crippen molar-refractivity contribution in [1.29, 1.82) is 0 Å². The molecular weight excluding hydrogens is 452 g/mol. The van der Waals surface area contributed by atoms with Gasteiger partial charge in [-0.15, -0.1) is 0 Å². The number of benzene rings is 1. The Labute approximate surface area is 214 Å². The van der Waals surface area contributed by atoms with Crippen molar-refractivity contribution in [3.63, 3.8) is 0 Å². The van der Waals surface area contributed by atoms with E-state index in [2.05, 4.69) is 47.0 Å². The fraction of sp³-hybridized carbons (Fsp3) is 0.552. The lowest BCUT2D eigenvalue weighted by Crippen LogP contribution is -2.32. The van der Waals surface area contributed by atoms with E-state index >= 15 is 0 Å². The summed E-state index contributed by atoms with van der Waals surface area (Å²) in [7, 11) is 3.89. The minimum Gasteiger partial charge on any atom is -0.493 e. The first-order valence-corrected chi connectivity index (χ1v) is 13.4. The standard InChI is InChI=1S/C29H40N4O3/c1-21-7-8-24(30-21)26-19-27(36-20-22-9-14-32(2)15-10-22)23-17-28(34-3)29(18-25(23)31-26)35-16-6-13-33-11-4-5-12-33/h7-8,17-19,22,30H,4-6,9-16,20H2,1-3H3. The van der Waals surface area contributed by atoms with Crippen molar-refractivity contribution >= 4 is 10.9 Å². The summed E-state index contributed by atoms with van der Waals surface area (Å²) in [6.07, 6.45) is 5.97. The predicted octanol–water partition coefficient (Wildman–Crippen LogP) is 5.13. The zero-order valence-corrected chi connectivity index (χ0v) is 22.0. The van der Waals surface area contributed by atoms with Crippen molar-refractivity contribution in [2.24, 2.45) is 5.92 Å². The van der Waals surface area contributed by atoms with E-state index in [1.807, 2.05) is 12.1 Å². The van der Waals surface area contributed by atoms with Crippen LogP contribution in [0, 0.1) is 12.8 Å². The number of H-pyrrole nitrogens is 1. The Morgan fingerprint density at radius 1 is 0.972 bits per heavy atom. The average Bonchev–Trinajstić information content (AvgIpc) is 3.57. The molecule has 2 saturated heterocycles. The van der Waals surface area contributed by atoms with Gasteiger partial charge in [0.2, 0.25) is 0 Å². The fourth-order valence-corrected chi connectivity index (χ4v) is 5.30. The molecule has 7 heteroatoms. The van der Waals surface area contributed by atoms with Gasteiger partial charge < -0.3 is 29.0 Å². The number of rotatable bonds is 10. The summed E-state index contributed by atoms with van der Waals surface area (Å²) in [5.41, 5.74) is 3.83. The van der Waals surface area contributed by atoms with Gasteiger partial charge in [-0.25, -0.2) is 4.98 Å². The highest BCUT2D eigenvalue weighted by molar-refractivity contribution is 5.90. The highest BCUT2D eigenvalue weighted by atomic mass is 16.5. The third-order valence-corrected chi connectivity index (χ3v) is 7.55. The highest BCUT2D eigenvalue weighted by Gasteiger charge is 2.20. The lowest BCUT2D eigenvalue weighted by Gasteiger charge is -2.29. The van der Waals surface area contributed by atoms with Gasteiger partial charge in [0.05, 0.1) is 37.2 Å². The Kier molecular flexibility index (Phi) is 7.97. The second-order valence-electron chi connectivity index (χ2n) is 10.4. The van der Waals surface area contributed by atoms with E-state index in [4.69, 9.17) is 19.2 Å². The molecule has 1 aromatic carbocycles. The number of piperidine rings is 1. The molecule has 7 nitrogen and oxygen atoms in total. The first kappa shape index (κ1) is 24.9. The van der Waals surface area contributed by atoms with Gasteiger partial charge in [0.15, 0.2) is 11.5 Å². The molecule has 1 N–H and O–H groups in total. The molecule has 2 fully saturated rings. The Morgan fingerprint density at radius 2 is 1.78 bits per heavy atom. The van der Waals surface area contributed by atoms with Crippen LogP contribution in [0.25, 0.3) is 22.3 Å². The maximum atomic E-state index is 6.48. The second kappa shape index (κ2) is 11.5. The number of nitrogens with zero attached hydrogens (tertiary/aromatic N) is 3. The van der Waals surface area contributed by atoms with E-state index < -0.39 is 0 Å². The summed E-state index contributed by atoms with van der Waals surface area (Å²) in [5, 5.41) is 0.955. The molecule has 3 aromatic rings. The minimum absolute atomic E-state index is 0.570. The van der Waals surface area contributed by atoms with Gasteiger partial charge in [0, 0.05) is 29.8 Å². The zero-order chi connectivity index (χ0) is 24.9. The number of hydrogen-bond acceptors (Lipinski definition) is 6. The fourth-order valence-electron chi connectivity index (χ4n) is 5.30. The van der Waals surface area contributed by atoms with Crippen LogP contribution in [0.2, 0.25) is 0 Å². The van der Waals surface area contributed by atoms with E-state index in [1.54, 1.807) is 7.11 Å². The molecule has 0 atom stereocenters. The molecule has 36 heavy (non-hydrogen) atoms. The van der Waals surface area contributed by atoms with E-state index in [0.717, 1.165) is 71.3 Å². The Morgan fingerprint density at radius 3 is 2.50 bits per heavy atom. The molecule has 4 heterocycles. The molecule has 194 valence electrons. The van der Waals surface area contributed by atoms with Crippen LogP contribution in [0.15, 0.2) is 30.3 Å². The number of aromatic nitrogens is 2. The average molecular weight is 493 g/mol. The predicted molar refractivity (Wildman–Crippen MR) is 144 cm³/mol. The maximum absolute atomic E-state index is 6.48. The van der Waals surface area contributed by atoms with Crippen LogP contribution in [0.5, 0.6) is 17.2 Å². The van der Waals surface area contributed by atoms with Gasteiger partial charge in [0.1, 0.15) is 5.75 Å². The van der Waals surface area contributed by atoms with Gasteiger partial charge in [0.25, 0.3) is 0 Å². The number of likely N-dealkylation sites (tertiary alicyclic amines) is 2. The topological polar surface area (TPSA) is 62.9 Å². The van der Waals surface area contributed by atoms with Crippen molar-refractivity contribution in [2.75, 3.05) is 60.1 Å². The van der Waals surface area contributed by atoms with Crippen LogP contribution in [0.4, 0.5) is 0 Å². The molecule has 2 aliphatic rings. The van der Waals surface area contributed by atoms with Crippen molar-refractivity contribution in [2.45, 2.75) is 39.0 Å². The van der Waals surface area contributed by atoms with Crippen molar-refractivity contribution in [1.82, 2.24) is 19.8 Å². The maximum Gasteiger partial charge on any atom is 0.163 e. The first-order valence-electron chi connectivity index (χ1n) is 13.4. The van der Waals surface area contributed by atoms with Gasteiger partial charge in [-0.2, -0.15) is 0 Å². The van der Waals surface area contributed by atoms with E-state index in [1.165, 1.54) is 38.8 Å². The molecule has 2 aromatic heterocycles. The van der Waals surface area contributed by atoms with Crippen LogP contribution in [0.1, 0.15) is 37.8 Å². The first-order chi connectivity index (χ1) is 17.6. The van der Waals surface area contributed by atoms with Crippen LogP contribution < -0.4 is 14.2 Å². The lowest BCUT2D eigenvalue weighted by atomic mass is 9.98. The molecule has 0 saturated carbocycles. The number of pyridine rings is 1. The molecule has 0 amide bonds. The van der Waals surface area contributed by atoms with Gasteiger partial charge in [-0.3, -0.25) is 0 Å². The van der Waals surface area contributed by atoms with Crippen LogP contribution in [-0.4, -0.2) is 79.9 Å². The number of aryl methyl sites for hydroxylation is 1. The summed E-state index contributed by atoms with van der Waals surface area (Å²) in [4.78, 5) is 13.3. The van der Waals surface area contributed by atoms with E-state index in [9.17, 15) is 0 Å².